The van der Waals surface area contributed by atoms with E-state index < -0.39 is 6.10 Å². The fraction of sp³-hybridized carbons (Fsp3) is 0.737. The summed E-state index contributed by atoms with van der Waals surface area (Å²) in [6.07, 6.45) is 65.0. The van der Waals surface area contributed by atoms with E-state index in [1.54, 1.807) is 0 Å². The Labute approximate surface area is 389 Å². The molecular formula is C57H98O6. The van der Waals surface area contributed by atoms with Crippen molar-refractivity contribution in [2.45, 2.75) is 258 Å². The summed E-state index contributed by atoms with van der Waals surface area (Å²) < 4.78 is 16.7. The molecule has 362 valence electrons. The third kappa shape index (κ3) is 49.7. The highest BCUT2D eigenvalue weighted by Gasteiger charge is 2.19. The largest absolute Gasteiger partial charge is 0.462 e. The summed E-state index contributed by atoms with van der Waals surface area (Å²) in [5.41, 5.74) is 0. The second-order valence-electron chi connectivity index (χ2n) is 17.4. The van der Waals surface area contributed by atoms with Gasteiger partial charge in [0.05, 0.1) is 0 Å². The van der Waals surface area contributed by atoms with Crippen LogP contribution in [-0.2, 0) is 28.6 Å². The molecule has 0 aliphatic heterocycles. The van der Waals surface area contributed by atoms with Gasteiger partial charge in [-0.2, -0.15) is 0 Å². The van der Waals surface area contributed by atoms with E-state index in [0.29, 0.717) is 19.3 Å². The summed E-state index contributed by atoms with van der Waals surface area (Å²) in [5, 5.41) is 0. The Morgan fingerprint density at radius 2 is 0.619 bits per heavy atom. The third-order valence-electron chi connectivity index (χ3n) is 11.2. The van der Waals surface area contributed by atoms with Gasteiger partial charge in [0.2, 0.25) is 0 Å². The zero-order chi connectivity index (χ0) is 45.8. The van der Waals surface area contributed by atoms with E-state index >= 15 is 0 Å². The molecule has 6 nitrogen and oxygen atoms in total. The van der Waals surface area contributed by atoms with E-state index in [1.807, 2.05) is 0 Å². The standard InChI is InChI=1S/C57H98O6/c1-4-7-10-13-16-18-20-21-22-23-24-25-26-27-28-29-30-31-32-33-34-35-36-37-38-40-41-44-47-50-56(59)62-53-54(52-61-55(58)49-46-43-15-12-9-6-3)63-57(60)51-48-45-42-39-19-17-14-11-8-5-2/h7,10,16,18,21-22,24-25,27-28,30-31,54H,4-6,8-9,11-15,17,19-20,23,26,29,32-53H2,1-3H3/b10-7-,18-16-,22-21-,25-24-,28-27-,31-30-. The van der Waals surface area contributed by atoms with Crippen LogP contribution in [0.3, 0.4) is 0 Å². The van der Waals surface area contributed by atoms with Crippen molar-refractivity contribution in [2.75, 3.05) is 13.2 Å². The molecule has 1 unspecified atom stereocenters. The Morgan fingerprint density at radius 3 is 0.968 bits per heavy atom. The Kier molecular flexibility index (Phi) is 48.9. The molecule has 0 amide bonds. The Morgan fingerprint density at radius 1 is 0.333 bits per heavy atom. The van der Waals surface area contributed by atoms with Gasteiger partial charge in [0.25, 0.3) is 0 Å². The number of carbonyl (C=O) groups excluding carboxylic acids is 3. The molecule has 1 atom stereocenters. The SMILES string of the molecule is CC/C=C\C/C=C\C/C=C\C/C=C\C/C=C\C/C=C\CCCCCCCCCCCCC(=O)OCC(COC(=O)CCCCCCCC)OC(=O)CCCCCCCCCCCC. The van der Waals surface area contributed by atoms with Crippen molar-refractivity contribution in [1.82, 2.24) is 0 Å². The smallest absolute Gasteiger partial charge is 0.306 e. The molecule has 0 spiro atoms. The van der Waals surface area contributed by atoms with Crippen molar-refractivity contribution in [3.05, 3.63) is 72.9 Å². The lowest BCUT2D eigenvalue weighted by atomic mass is 10.1. The summed E-state index contributed by atoms with van der Waals surface area (Å²) in [7, 11) is 0. The first-order chi connectivity index (χ1) is 31.0. The van der Waals surface area contributed by atoms with Crippen LogP contribution >= 0.6 is 0 Å². The van der Waals surface area contributed by atoms with Gasteiger partial charge in [0.1, 0.15) is 13.2 Å². The van der Waals surface area contributed by atoms with Crippen molar-refractivity contribution in [3.8, 4) is 0 Å². The first-order valence-corrected chi connectivity index (χ1v) is 26.4. The van der Waals surface area contributed by atoms with Crippen LogP contribution in [0.4, 0.5) is 0 Å². The number of allylic oxidation sites excluding steroid dienone is 12. The maximum Gasteiger partial charge on any atom is 0.306 e. The highest BCUT2D eigenvalue weighted by Crippen LogP contribution is 2.15. The van der Waals surface area contributed by atoms with Crippen LogP contribution in [0, 0.1) is 0 Å². The fourth-order valence-corrected chi connectivity index (χ4v) is 7.27. The highest BCUT2D eigenvalue weighted by molar-refractivity contribution is 5.71. The van der Waals surface area contributed by atoms with E-state index in [9.17, 15) is 14.4 Å². The van der Waals surface area contributed by atoms with Gasteiger partial charge in [0.15, 0.2) is 6.10 Å². The molecule has 0 aromatic rings. The predicted octanol–water partition coefficient (Wildman–Crippen LogP) is 17.4. The number of carbonyl (C=O) groups is 3. The van der Waals surface area contributed by atoms with Gasteiger partial charge < -0.3 is 14.2 Å². The second-order valence-corrected chi connectivity index (χ2v) is 17.4. The predicted molar refractivity (Wildman–Crippen MR) is 270 cm³/mol. The normalized spacial score (nSPS) is 12.6. The first kappa shape index (κ1) is 59.9. The lowest BCUT2D eigenvalue weighted by Gasteiger charge is -2.18. The van der Waals surface area contributed by atoms with Gasteiger partial charge in [-0.1, -0.05) is 235 Å². The zero-order valence-corrected chi connectivity index (χ0v) is 41.3. The average molecular weight is 879 g/mol. The summed E-state index contributed by atoms with van der Waals surface area (Å²) in [4.78, 5) is 37.6. The van der Waals surface area contributed by atoms with E-state index in [0.717, 1.165) is 96.3 Å². The van der Waals surface area contributed by atoms with E-state index in [1.165, 1.54) is 116 Å². The second kappa shape index (κ2) is 51.5. The molecular weight excluding hydrogens is 781 g/mol. The Bertz CT molecular complexity index is 1190. The molecule has 0 saturated carbocycles. The highest BCUT2D eigenvalue weighted by atomic mass is 16.6. The average Bonchev–Trinajstić information content (AvgIpc) is 3.28. The molecule has 0 radical (unpaired) electrons. The quantitative estimate of drug-likeness (QED) is 0.0262. The number of hydrogen-bond acceptors (Lipinski definition) is 6. The maximum atomic E-state index is 12.7. The molecule has 0 fully saturated rings. The van der Waals surface area contributed by atoms with Crippen molar-refractivity contribution in [3.63, 3.8) is 0 Å². The van der Waals surface area contributed by atoms with Crippen molar-refractivity contribution < 1.29 is 28.6 Å². The molecule has 0 aliphatic rings. The number of ether oxygens (including phenoxy) is 3. The minimum absolute atomic E-state index is 0.0742. The van der Waals surface area contributed by atoms with Crippen molar-refractivity contribution in [1.29, 1.82) is 0 Å². The molecule has 0 aromatic carbocycles. The lowest BCUT2D eigenvalue weighted by Crippen LogP contribution is -2.30. The van der Waals surface area contributed by atoms with E-state index in [2.05, 4.69) is 93.7 Å². The minimum atomic E-state index is -0.769. The van der Waals surface area contributed by atoms with Crippen molar-refractivity contribution in [2.24, 2.45) is 0 Å². The number of rotatable bonds is 47. The van der Waals surface area contributed by atoms with Crippen LogP contribution in [0.2, 0.25) is 0 Å². The van der Waals surface area contributed by atoms with Crippen molar-refractivity contribution >= 4 is 17.9 Å². The molecule has 0 N–H and O–H groups in total. The van der Waals surface area contributed by atoms with Gasteiger partial charge in [-0.25, -0.2) is 0 Å². The van der Waals surface area contributed by atoms with E-state index in [4.69, 9.17) is 14.2 Å². The van der Waals surface area contributed by atoms with Crippen LogP contribution in [0.25, 0.3) is 0 Å². The topological polar surface area (TPSA) is 78.9 Å². The van der Waals surface area contributed by atoms with Crippen LogP contribution in [0.15, 0.2) is 72.9 Å². The molecule has 63 heavy (non-hydrogen) atoms. The molecule has 0 aliphatic carbocycles. The lowest BCUT2D eigenvalue weighted by molar-refractivity contribution is -0.167. The van der Waals surface area contributed by atoms with Gasteiger partial charge in [-0.15, -0.1) is 0 Å². The Hall–Kier alpha value is -3.15. The molecule has 0 aromatic heterocycles. The van der Waals surface area contributed by atoms with Crippen LogP contribution in [0.1, 0.15) is 252 Å². The van der Waals surface area contributed by atoms with Gasteiger partial charge >= 0.3 is 17.9 Å². The molecule has 0 saturated heterocycles. The van der Waals surface area contributed by atoms with Crippen LogP contribution < -0.4 is 0 Å². The number of esters is 3. The number of hydrogen-bond donors (Lipinski definition) is 0. The minimum Gasteiger partial charge on any atom is -0.462 e. The van der Waals surface area contributed by atoms with Crippen LogP contribution in [-0.4, -0.2) is 37.2 Å². The molecule has 0 heterocycles. The summed E-state index contributed by atoms with van der Waals surface area (Å²) in [6, 6.07) is 0. The van der Waals surface area contributed by atoms with Gasteiger partial charge in [-0.3, -0.25) is 14.4 Å². The summed E-state index contributed by atoms with van der Waals surface area (Å²) in [6.45, 7) is 6.45. The maximum absolute atomic E-state index is 12.7. The molecule has 6 heteroatoms. The monoisotopic (exact) mass is 879 g/mol. The fourth-order valence-electron chi connectivity index (χ4n) is 7.27. The van der Waals surface area contributed by atoms with Gasteiger partial charge in [0, 0.05) is 19.3 Å². The van der Waals surface area contributed by atoms with Gasteiger partial charge in [-0.05, 0) is 70.6 Å². The molecule has 0 bridgehead atoms. The Balaban J connectivity index is 4.05. The first-order valence-electron chi connectivity index (χ1n) is 26.4. The third-order valence-corrected chi connectivity index (χ3v) is 11.2. The molecule has 0 rings (SSSR count). The summed E-state index contributed by atoms with van der Waals surface area (Å²) >= 11 is 0. The number of unbranched alkanes of at least 4 members (excludes halogenated alkanes) is 24. The van der Waals surface area contributed by atoms with Crippen LogP contribution in [0.5, 0.6) is 0 Å². The summed E-state index contributed by atoms with van der Waals surface area (Å²) in [5.74, 6) is -0.888. The van der Waals surface area contributed by atoms with E-state index in [-0.39, 0.29) is 31.1 Å². The zero-order valence-electron chi connectivity index (χ0n) is 41.3.